The predicted octanol–water partition coefficient (Wildman–Crippen LogP) is 2.06. The molecule has 0 spiro atoms. The number of aliphatic hydroxyl groups is 1. The number of nitrogens with one attached hydrogen (secondary N) is 3. The van der Waals surface area contributed by atoms with Gasteiger partial charge >= 0.3 is 0 Å². The van der Waals surface area contributed by atoms with Gasteiger partial charge in [0, 0.05) is 32.0 Å². The maximum absolute atomic E-state index is 8.80. The lowest BCUT2D eigenvalue weighted by molar-refractivity contribution is 0.292. The van der Waals surface area contributed by atoms with Crippen LogP contribution in [0.3, 0.4) is 0 Å². The molecule has 106 valence electrons. The Labute approximate surface area is 118 Å². The van der Waals surface area contributed by atoms with Gasteiger partial charge in [-0.1, -0.05) is 18.2 Å². The highest BCUT2D eigenvalue weighted by Crippen LogP contribution is 2.18. The normalized spacial score (nSPS) is 10.1. The Kier molecular flexibility index (Phi) is 5.14. The van der Waals surface area contributed by atoms with Gasteiger partial charge in [0.25, 0.3) is 0 Å². The lowest BCUT2D eigenvalue weighted by atomic mass is 10.3. The summed E-state index contributed by atoms with van der Waals surface area (Å²) in [7, 11) is 1.78. The molecule has 0 unspecified atom stereocenters. The summed E-state index contributed by atoms with van der Waals surface area (Å²) in [5.74, 6) is 1.97. The van der Waals surface area contributed by atoms with E-state index in [1.165, 1.54) is 0 Å². The molecule has 2 rings (SSSR count). The van der Waals surface area contributed by atoms with E-state index >= 15 is 0 Å². The largest absolute Gasteiger partial charge is 0.396 e. The average molecular weight is 273 g/mol. The lowest BCUT2D eigenvalue weighted by Gasteiger charge is -2.10. The smallest absolute Gasteiger partial charge is 0.226 e. The van der Waals surface area contributed by atoms with Gasteiger partial charge in [-0.3, -0.25) is 0 Å². The van der Waals surface area contributed by atoms with Crippen LogP contribution in [-0.2, 0) is 0 Å². The molecule has 0 bridgehead atoms. The monoisotopic (exact) mass is 273 g/mol. The van der Waals surface area contributed by atoms with Crippen LogP contribution in [0.5, 0.6) is 0 Å². The van der Waals surface area contributed by atoms with Crippen molar-refractivity contribution in [3.63, 3.8) is 0 Å². The molecular formula is C14H19N5O. The molecule has 0 saturated heterocycles. The van der Waals surface area contributed by atoms with Gasteiger partial charge in [0.15, 0.2) is 0 Å². The van der Waals surface area contributed by atoms with Crippen molar-refractivity contribution in [1.82, 2.24) is 9.97 Å². The van der Waals surface area contributed by atoms with Crippen LogP contribution in [0.2, 0.25) is 0 Å². The van der Waals surface area contributed by atoms with Crippen molar-refractivity contribution in [2.45, 2.75) is 6.42 Å². The summed E-state index contributed by atoms with van der Waals surface area (Å²) in [6.07, 6.45) is 0.681. The number of benzene rings is 1. The third kappa shape index (κ3) is 4.10. The molecule has 0 amide bonds. The minimum atomic E-state index is 0.159. The Hall–Kier alpha value is -2.34. The predicted molar refractivity (Wildman–Crippen MR) is 81.5 cm³/mol. The van der Waals surface area contributed by atoms with Crippen molar-refractivity contribution in [2.24, 2.45) is 0 Å². The van der Waals surface area contributed by atoms with Gasteiger partial charge in [0.05, 0.1) is 0 Å². The molecule has 0 radical (unpaired) electrons. The molecule has 1 aromatic heterocycles. The Morgan fingerprint density at radius 1 is 1.10 bits per heavy atom. The number of rotatable bonds is 7. The SMILES string of the molecule is CNc1nc(NCCCO)cc(Nc2ccccc2)n1. The Balaban J connectivity index is 2.13. The fourth-order valence-corrected chi connectivity index (χ4v) is 1.68. The third-order valence-electron chi connectivity index (χ3n) is 2.64. The standard InChI is InChI=1S/C14H19N5O/c1-15-14-18-12(16-8-5-9-20)10-13(19-14)17-11-6-3-2-4-7-11/h2-4,6-7,10,20H,5,8-9H2,1H3,(H3,15,16,17,18,19). The third-order valence-corrected chi connectivity index (χ3v) is 2.64. The first-order valence-electron chi connectivity index (χ1n) is 6.55. The number of nitrogens with zero attached hydrogens (tertiary/aromatic N) is 2. The molecule has 0 atom stereocenters. The van der Waals surface area contributed by atoms with Gasteiger partial charge < -0.3 is 21.1 Å². The van der Waals surface area contributed by atoms with E-state index in [-0.39, 0.29) is 6.61 Å². The van der Waals surface area contributed by atoms with E-state index in [1.807, 2.05) is 36.4 Å². The first-order chi connectivity index (χ1) is 9.81. The summed E-state index contributed by atoms with van der Waals surface area (Å²) in [5, 5.41) is 18.1. The first kappa shape index (κ1) is 14.1. The van der Waals surface area contributed by atoms with E-state index < -0.39 is 0 Å². The van der Waals surface area contributed by atoms with Crippen molar-refractivity contribution < 1.29 is 5.11 Å². The van der Waals surface area contributed by atoms with Crippen LogP contribution >= 0.6 is 0 Å². The van der Waals surface area contributed by atoms with Gasteiger partial charge in [-0.15, -0.1) is 0 Å². The fraction of sp³-hybridized carbons (Fsp3) is 0.286. The van der Waals surface area contributed by atoms with Crippen LogP contribution in [0.4, 0.5) is 23.3 Å². The van der Waals surface area contributed by atoms with Crippen molar-refractivity contribution in [1.29, 1.82) is 0 Å². The zero-order chi connectivity index (χ0) is 14.2. The molecule has 6 heteroatoms. The summed E-state index contributed by atoms with van der Waals surface area (Å²) in [6, 6.07) is 11.7. The quantitative estimate of drug-likeness (QED) is 0.578. The second-order valence-corrected chi connectivity index (χ2v) is 4.21. The van der Waals surface area contributed by atoms with Crippen LogP contribution in [-0.4, -0.2) is 35.3 Å². The number of aromatic nitrogens is 2. The number of anilines is 4. The Bertz CT molecular complexity index is 532. The van der Waals surface area contributed by atoms with Gasteiger partial charge in [-0.2, -0.15) is 9.97 Å². The van der Waals surface area contributed by atoms with E-state index in [0.29, 0.717) is 24.7 Å². The Morgan fingerprint density at radius 3 is 2.55 bits per heavy atom. The molecule has 0 aliphatic heterocycles. The lowest BCUT2D eigenvalue weighted by Crippen LogP contribution is -2.08. The number of hydrogen-bond donors (Lipinski definition) is 4. The summed E-state index contributed by atoms with van der Waals surface area (Å²) in [4.78, 5) is 8.66. The molecule has 0 fully saturated rings. The Morgan fingerprint density at radius 2 is 1.85 bits per heavy atom. The molecule has 1 aromatic carbocycles. The van der Waals surface area contributed by atoms with Crippen molar-refractivity contribution in [3.05, 3.63) is 36.4 Å². The molecule has 0 saturated carbocycles. The average Bonchev–Trinajstić information content (AvgIpc) is 2.48. The van der Waals surface area contributed by atoms with Crippen LogP contribution in [0.1, 0.15) is 6.42 Å². The highest BCUT2D eigenvalue weighted by molar-refractivity contribution is 5.60. The van der Waals surface area contributed by atoms with E-state index in [2.05, 4.69) is 25.9 Å². The van der Waals surface area contributed by atoms with Gasteiger partial charge in [0.2, 0.25) is 5.95 Å². The van der Waals surface area contributed by atoms with Crippen molar-refractivity contribution in [2.75, 3.05) is 36.1 Å². The van der Waals surface area contributed by atoms with Gasteiger partial charge in [-0.05, 0) is 18.6 Å². The van der Waals surface area contributed by atoms with Gasteiger partial charge in [-0.25, -0.2) is 0 Å². The second kappa shape index (κ2) is 7.30. The number of para-hydroxylation sites is 1. The molecule has 20 heavy (non-hydrogen) atoms. The van der Waals surface area contributed by atoms with E-state index in [4.69, 9.17) is 5.11 Å². The maximum atomic E-state index is 8.80. The molecule has 6 nitrogen and oxygen atoms in total. The molecule has 4 N–H and O–H groups in total. The van der Waals surface area contributed by atoms with Crippen LogP contribution in [0, 0.1) is 0 Å². The topological polar surface area (TPSA) is 82.1 Å². The van der Waals surface area contributed by atoms with E-state index in [0.717, 1.165) is 11.5 Å². The summed E-state index contributed by atoms with van der Waals surface area (Å²) < 4.78 is 0. The molecule has 1 heterocycles. The molecular weight excluding hydrogens is 254 g/mol. The minimum Gasteiger partial charge on any atom is -0.396 e. The van der Waals surface area contributed by atoms with E-state index in [1.54, 1.807) is 7.05 Å². The zero-order valence-corrected chi connectivity index (χ0v) is 11.4. The molecule has 0 aliphatic rings. The van der Waals surface area contributed by atoms with E-state index in [9.17, 15) is 0 Å². The molecule has 0 aliphatic carbocycles. The highest BCUT2D eigenvalue weighted by atomic mass is 16.3. The summed E-state index contributed by atoms with van der Waals surface area (Å²) in [5.41, 5.74) is 0.967. The van der Waals surface area contributed by atoms with Crippen LogP contribution < -0.4 is 16.0 Å². The zero-order valence-electron chi connectivity index (χ0n) is 11.4. The van der Waals surface area contributed by atoms with Gasteiger partial charge in [0.1, 0.15) is 11.6 Å². The maximum Gasteiger partial charge on any atom is 0.226 e. The summed E-state index contributed by atoms with van der Waals surface area (Å²) in [6.45, 7) is 0.827. The fourth-order valence-electron chi connectivity index (χ4n) is 1.68. The number of aliphatic hydroxyl groups excluding tert-OH is 1. The highest BCUT2D eigenvalue weighted by Gasteiger charge is 2.03. The second-order valence-electron chi connectivity index (χ2n) is 4.21. The van der Waals surface area contributed by atoms with Crippen molar-refractivity contribution >= 4 is 23.3 Å². The van der Waals surface area contributed by atoms with Crippen LogP contribution in [0.25, 0.3) is 0 Å². The number of hydrogen-bond acceptors (Lipinski definition) is 6. The van der Waals surface area contributed by atoms with Crippen molar-refractivity contribution in [3.8, 4) is 0 Å². The minimum absolute atomic E-state index is 0.159. The summed E-state index contributed by atoms with van der Waals surface area (Å²) >= 11 is 0. The van der Waals surface area contributed by atoms with Crippen LogP contribution in [0.15, 0.2) is 36.4 Å². The first-order valence-corrected chi connectivity index (χ1v) is 6.55. The molecule has 2 aromatic rings.